The van der Waals surface area contributed by atoms with Crippen molar-refractivity contribution in [2.24, 2.45) is 0 Å². The molecular weight excluding hydrogens is 1620 g/mol. The predicted molar refractivity (Wildman–Crippen MR) is 533 cm³/mol. The fraction of sp³-hybridized carbons (Fsp3) is 0. The van der Waals surface area contributed by atoms with Crippen LogP contribution in [-0.2, 0) is 0 Å². The molecule has 9 heterocycles. The lowest BCUT2D eigenvalue weighted by molar-refractivity contribution is 0.672. The molecule has 0 atom stereocenters. The summed E-state index contributed by atoms with van der Waals surface area (Å²) < 4.78 is 26.1. The minimum absolute atomic E-state index is 0.556. The number of fused-ring (bicyclic) bond motifs is 21. The summed E-state index contributed by atoms with van der Waals surface area (Å²) in [5.41, 5.74) is 23.5. The molecule has 0 N–H and O–H groups in total. The van der Waals surface area contributed by atoms with E-state index in [-0.39, 0.29) is 0 Å². The van der Waals surface area contributed by atoms with Gasteiger partial charge in [0, 0.05) is 93.0 Å². The molecule has 9 aromatic heterocycles. The number of nitrogens with zero attached hydrogens (tertiary/aromatic N) is 12. The van der Waals surface area contributed by atoms with Gasteiger partial charge < -0.3 is 17.8 Å². The van der Waals surface area contributed by atoms with Crippen molar-refractivity contribution in [3.05, 3.63) is 437 Å². The fourth-order valence-electron chi connectivity index (χ4n) is 18.7. The Morgan fingerprint density at radius 3 is 0.795 bits per heavy atom. The van der Waals surface area contributed by atoms with E-state index in [0.717, 1.165) is 198 Å². The second-order valence-corrected chi connectivity index (χ2v) is 32.6. The highest BCUT2D eigenvalue weighted by Gasteiger charge is 2.27. The van der Waals surface area contributed by atoms with Crippen molar-refractivity contribution in [1.82, 2.24) is 58.6 Å². The molecule has 0 saturated heterocycles. The van der Waals surface area contributed by atoms with Crippen LogP contribution < -0.4 is 0 Å². The van der Waals surface area contributed by atoms with Gasteiger partial charge in [-0.2, -0.15) is 19.9 Å². The van der Waals surface area contributed by atoms with Crippen molar-refractivity contribution in [2.45, 2.75) is 0 Å². The van der Waals surface area contributed by atoms with Crippen LogP contribution in [0.3, 0.4) is 0 Å². The van der Waals surface area contributed by atoms with Crippen LogP contribution in [-0.4, -0.2) is 58.6 Å². The standard InChI is InChI=1S/C45H28N4O.C39H24N4O.C33H20N4O/c1-3-14-29(15-4-1)43-46-44(30-16-5-2-6-17-30)48-45(47-43)32-19-13-18-31(28-32)33-20-7-10-23-37(33)49-38-24-11-8-22-36(38)41-39(49)27-26-35-34-21-9-12-25-40(34)50-42(35)41;1-3-12-25(13-4-1)27-16-11-17-28(24-27)38-40-37(26-14-5-2-6-15-26)41-39(42-38)43-32-20-9-7-19-31(32)35-33(43)23-22-30-29-18-8-10-21-34(29)44-36(30)35;1-3-11-21(12-4-1)31-34-32(22-13-5-2-6-14-22)36-33(35-31)37-26-17-9-7-16-25(26)29-27(37)20-19-24-23-15-8-10-18-28(23)38-30(24)29/h1-28H;1-24H;1-20H. The Labute approximate surface area is 754 Å². The molecule has 27 rings (SSSR count). The Morgan fingerprint density at radius 1 is 0.159 bits per heavy atom. The van der Waals surface area contributed by atoms with Crippen molar-refractivity contribution in [3.8, 4) is 120 Å². The maximum Gasteiger partial charge on any atom is 0.238 e. The van der Waals surface area contributed by atoms with E-state index in [1.54, 1.807) is 0 Å². The van der Waals surface area contributed by atoms with E-state index in [4.69, 9.17) is 58.1 Å². The summed E-state index contributed by atoms with van der Waals surface area (Å²) >= 11 is 0. The van der Waals surface area contributed by atoms with Gasteiger partial charge in [0.2, 0.25) is 11.9 Å². The highest BCUT2D eigenvalue weighted by Crippen LogP contribution is 2.47. The van der Waals surface area contributed by atoms with E-state index >= 15 is 0 Å². The van der Waals surface area contributed by atoms with E-state index < -0.39 is 0 Å². The number of hydrogen-bond donors (Lipinski definition) is 0. The number of aromatic nitrogens is 12. The summed E-state index contributed by atoms with van der Waals surface area (Å²) in [6.45, 7) is 0. The molecule has 0 aliphatic heterocycles. The molecule has 0 radical (unpaired) electrons. The second kappa shape index (κ2) is 32.0. The molecule has 0 fully saturated rings. The highest BCUT2D eigenvalue weighted by molar-refractivity contribution is 6.27. The van der Waals surface area contributed by atoms with E-state index in [9.17, 15) is 0 Å². The molecule has 0 amide bonds. The molecule has 0 aliphatic carbocycles. The first-order chi connectivity index (χ1) is 65.5. The smallest absolute Gasteiger partial charge is 0.238 e. The monoisotopic (exact) mass is 1690 g/mol. The topological polar surface area (TPSA) is 170 Å². The quantitative estimate of drug-likeness (QED) is 0.114. The maximum atomic E-state index is 6.55. The summed E-state index contributed by atoms with van der Waals surface area (Å²) in [5, 5.41) is 13.2. The van der Waals surface area contributed by atoms with Crippen molar-refractivity contribution in [1.29, 1.82) is 0 Å². The number of hydrogen-bond acceptors (Lipinski definition) is 12. The van der Waals surface area contributed by atoms with Gasteiger partial charge in [0.05, 0.1) is 54.9 Å². The molecule has 15 nitrogen and oxygen atoms in total. The van der Waals surface area contributed by atoms with E-state index in [1.165, 1.54) is 0 Å². The van der Waals surface area contributed by atoms with Gasteiger partial charge in [-0.25, -0.2) is 24.9 Å². The van der Waals surface area contributed by atoms with E-state index in [2.05, 4.69) is 244 Å². The molecule has 0 unspecified atom stereocenters. The molecule has 618 valence electrons. The van der Waals surface area contributed by atoms with Crippen molar-refractivity contribution >= 4 is 131 Å². The SMILES string of the molecule is c1ccc(-c2cccc(-c3nc(-c4ccccc4)nc(-n4c5ccccc5c5c6oc7ccccc7c6ccc54)n3)c2)cc1.c1ccc(-c2nc(-c3ccccc3)nc(-c3cccc(-c4ccccc4-n4c5ccccc5c5c6oc7ccccc7c6ccc54)c3)n2)cc1.c1ccc(-c2nc(-c3ccccc3)nc(-n3c4ccccc4c4c5oc6ccccc6c5ccc43)n2)cc1. The van der Waals surface area contributed by atoms with Crippen LogP contribution in [0.2, 0.25) is 0 Å². The summed E-state index contributed by atoms with van der Waals surface area (Å²) in [4.78, 5) is 45.0. The molecule has 18 aromatic carbocycles. The molecule has 15 heteroatoms. The fourth-order valence-corrected chi connectivity index (χ4v) is 18.7. The number of rotatable bonds is 12. The maximum absolute atomic E-state index is 6.55. The van der Waals surface area contributed by atoms with Crippen LogP contribution in [0.5, 0.6) is 0 Å². The summed E-state index contributed by atoms with van der Waals surface area (Å²) in [6, 6.07) is 149. The van der Waals surface area contributed by atoms with Crippen molar-refractivity contribution in [2.75, 3.05) is 0 Å². The summed E-state index contributed by atoms with van der Waals surface area (Å²) in [5.74, 6) is 5.52. The second-order valence-electron chi connectivity index (χ2n) is 32.6. The molecule has 27 aromatic rings. The molecule has 132 heavy (non-hydrogen) atoms. The third kappa shape index (κ3) is 13.3. The average molecular weight is 1690 g/mol. The van der Waals surface area contributed by atoms with Gasteiger partial charge in [0.15, 0.2) is 40.8 Å². The van der Waals surface area contributed by atoms with Gasteiger partial charge in [-0.1, -0.05) is 346 Å². The van der Waals surface area contributed by atoms with Gasteiger partial charge >= 0.3 is 0 Å². The van der Waals surface area contributed by atoms with Crippen LogP contribution >= 0.6 is 0 Å². The predicted octanol–water partition coefficient (Wildman–Crippen LogP) is 29.6. The largest absolute Gasteiger partial charge is 0.455 e. The van der Waals surface area contributed by atoms with Gasteiger partial charge in [0.25, 0.3) is 0 Å². The third-order valence-electron chi connectivity index (χ3n) is 24.8. The Kier molecular flexibility index (Phi) is 18.5. The molecular formula is C117H72N12O3. The first-order valence-electron chi connectivity index (χ1n) is 43.9. The van der Waals surface area contributed by atoms with Gasteiger partial charge in [-0.3, -0.25) is 9.13 Å². The summed E-state index contributed by atoms with van der Waals surface area (Å²) in [7, 11) is 0. The first-order valence-corrected chi connectivity index (χ1v) is 43.9. The zero-order valence-corrected chi connectivity index (χ0v) is 70.7. The lowest BCUT2D eigenvalue weighted by atomic mass is 10.0. The van der Waals surface area contributed by atoms with Crippen LogP contribution in [0.4, 0.5) is 0 Å². The highest BCUT2D eigenvalue weighted by atomic mass is 16.3. The average Bonchev–Trinajstić information content (AvgIpc) is 1.57. The Balaban J connectivity index is 0.000000107. The number of furan rings is 3. The van der Waals surface area contributed by atoms with Crippen LogP contribution in [0.1, 0.15) is 0 Å². The Bertz CT molecular complexity index is 9050. The lowest BCUT2D eigenvalue weighted by Crippen LogP contribution is -2.06. The minimum Gasteiger partial charge on any atom is -0.455 e. The van der Waals surface area contributed by atoms with Crippen LogP contribution in [0.15, 0.2) is 450 Å². The van der Waals surface area contributed by atoms with Crippen molar-refractivity contribution in [3.63, 3.8) is 0 Å². The Hall–Kier alpha value is -18.2. The van der Waals surface area contributed by atoms with Gasteiger partial charge in [0.1, 0.15) is 33.5 Å². The normalized spacial score (nSPS) is 11.6. The van der Waals surface area contributed by atoms with Gasteiger partial charge in [-0.05, 0) is 108 Å². The zero-order valence-electron chi connectivity index (χ0n) is 70.7. The molecule has 0 saturated carbocycles. The summed E-state index contributed by atoms with van der Waals surface area (Å²) in [6.07, 6.45) is 0. The van der Waals surface area contributed by atoms with Gasteiger partial charge in [-0.15, -0.1) is 0 Å². The molecule has 0 spiro atoms. The number of benzene rings is 18. The first kappa shape index (κ1) is 76.2. The van der Waals surface area contributed by atoms with Crippen LogP contribution in [0, 0.1) is 0 Å². The van der Waals surface area contributed by atoms with Crippen LogP contribution in [0.25, 0.3) is 251 Å². The van der Waals surface area contributed by atoms with E-state index in [0.29, 0.717) is 52.7 Å². The minimum atomic E-state index is 0.556. The van der Waals surface area contributed by atoms with E-state index in [1.807, 2.05) is 206 Å². The Morgan fingerprint density at radius 2 is 0.417 bits per heavy atom. The third-order valence-corrected chi connectivity index (χ3v) is 24.8. The molecule has 0 bridgehead atoms. The van der Waals surface area contributed by atoms with Crippen molar-refractivity contribution < 1.29 is 13.3 Å². The lowest BCUT2D eigenvalue weighted by Gasteiger charge is -2.15. The number of para-hydroxylation sites is 7. The molecule has 0 aliphatic rings. The zero-order chi connectivity index (χ0) is 87.1.